The molecule has 3 heterocycles. The Morgan fingerprint density at radius 2 is 1.97 bits per heavy atom. The predicted octanol–water partition coefficient (Wildman–Crippen LogP) is -1.00. The lowest BCUT2D eigenvalue weighted by Gasteiger charge is -2.42. The summed E-state index contributed by atoms with van der Waals surface area (Å²) in [6.45, 7) is 4.63. The third kappa shape index (κ3) is 6.07. The second-order valence-electron chi connectivity index (χ2n) is 10.3. The molecular weight excluding hydrogens is 442 g/mol. The Hall–Kier alpha value is -0.370. The van der Waals surface area contributed by atoms with E-state index in [1.54, 1.807) is 7.11 Å². The van der Waals surface area contributed by atoms with E-state index in [1.165, 1.54) is 32.4 Å². The zero-order valence-corrected chi connectivity index (χ0v) is 21.2. The molecule has 0 bridgehead atoms. The van der Waals surface area contributed by atoms with Gasteiger partial charge in [-0.05, 0) is 64.1 Å². The first-order valence-corrected chi connectivity index (χ1v) is 14.4. The summed E-state index contributed by atoms with van der Waals surface area (Å²) < 4.78 is 35.5. The molecule has 33 heavy (non-hydrogen) atoms. The molecule has 3 saturated heterocycles. The number of rotatable bonds is 9. The minimum atomic E-state index is -3.62. The van der Waals surface area contributed by atoms with Gasteiger partial charge in [0.1, 0.15) is 5.25 Å². The fourth-order valence-corrected chi connectivity index (χ4v) is 7.78. The molecule has 4 aliphatic rings. The smallest absolute Gasteiger partial charge is 0.217 e. The van der Waals surface area contributed by atoms with Gasteiger partial charge in [-0.15, -0.1) is 0 Å². The molecule has 1 aliphatic carbocycles. The van der Waals surface area contributed by atoms with Crippen LogP contribution in [0.3, 0.4) is 0 Å². The minimum absolute atomic E-state index is 0.0789. The largest absolute Gasteiger partial charge is 0.380 e. The summed E-state index contributed by atoms with van der Waals surface area (Å²) >= 11 is 0. The number of hydrazine groups is 1. The fourth-order valence-electron chi connectivity index (χ4n) is 6.35. The van der Waals surface area contributed by atoms with E-state index in [0.717, 1.165) is 38.8 Å². The summed E-state index contributed by atoms with van der Waals surface area (Å²) in [5, 5.41) is 8.36. The first-order chi connectivity index (χ1) is 15.9. The molecule has 11 heteroatoms. The van der Waals surface area contributed by atoms with Crippen molar-refractivity contribution in [2.24, 2.45) is 11.7 Å². The number of piperidine rings is 2. The summed E-state index contributed by atoms with van der Waals surface area (Å²) in [4.78, 5) is 2.62. The standard InChI is InChI=1S/C22H45N7O3S/c1-28-22-16(14-26-28)6-7-19(32-2)21(22)27-33(30,31)18(13-23)15-25-20-12-17(8-9-24-20)29-10-4-3-5-11-29/h16-22,24-27H,3-15,23H2,1-2H3. The van der Waals surface area contributed by atoms with Gasteiger partial charge in [0.15, 0.2) is 0 Å². The number of likely N-dealkylation sites (N-methyl/N-ethyl adjacent to an activating group) is 1. The Morgan fingerprint density at radius 3 is 2.70 bits per heavy atom. The van der Waals surface area contributed by atoms with Gasteiger partial charge in [-0.1, -0.05) is 6.42 Å². The second kappa shape index (κ2) is 11.6. The third-order valence-corrected chi connectivity index (χ3v) is 10.1. The SMILES string of the molecule is COC1CCC2CNN(C)C2C1NS(=O)(=O)C(CN)CNC1CC(N2CCCCC2)CCN1. The lowest BCUT2D eigenvalue weighted by Crippen LogP contribution is -2.62. The number of fused-ring (bicyclic) bond motifs is 1. The highest BCUT2D eigenvalue weighted by Crippen LogP contribution is 2.33. The summed E-state index contributed by atoms with van der Waals surface area (Å²) in [6, 6.07) is 0.362. The summed E-state index contributed by atoms with van der Waals surface area (Å²) in [7, 11) is 0.0343. The van der Waals surface area contributed by atoms with E-state index >= 15 is 0 Å². The molecule has 192 valence electrons. The summed E-state index contributed by atoms with van der Waals surface area (Å²) in [6.07, 6.45) is 7.94. The van der Waals surface area contributed by atoms with Crippen LogP contribution < -0.4 is 26.5 Å². The van der Waals surface area contributed by atoms with E-state index in [2.05, 4.69) is 25.7 Å². The number of nitrogens with two attached hydrogens (primary N) is 1. The number of hydrogen-bond donors (Lipinski definition) is 5. The molecular formula is C22H45N7O3S. The van der Waals surface area contributed by atoms with Crippen LogP contribution in [0.25, 0.3) is 0 Å². The van der Waals surface area contributed by atoms with Crippen LogP contribution in [0.5, 0.6) is 0 Å². The molecule has 4 rings (SSSR count). The highest BCUT2D eigenvalue weighted by atomic mass is 32.2. The van der Waals surface area contributed by atoms with Crippen LogP contribution in [0.1, 0.15) is 44.9 Å². The van der Waals surface area contributed by atoms with Crippen molar-refractivity contribution in [3.05, 3.63) is 0 Å². The summed E-state index contributed by atoms with van der Waals surface area (Å²) in [5.41, 5.74) is 9.34. The Kier molecular flexibility index (Phi) is 9.02. The number of sulfonamides is 1. The molecule has 6 N–H and O–H groups in total. The van der Waals surface area contributed by atoms with Gasteiger partial charge in [0.05, 0.1) is 18.3 Å². The molecule has 0 aromatic carbocycles. The topological polar surface area (TPSA) is 124 Å². The van der Waals surface area contributed by atoms with Crippen molar-refractivity contribution in [2.75, 3.05) is 53.4 Å². The maximum Gasteiger partial charge on any atom is 0.217 e. The molecule has 7 unspecified atom stereocenters. The molecule has 7 atom stereocenters. The van der Waals surface area contributed by atoms with Crippen molar-refractivity contribution in [3.8, 4) is 0 Å². The van der Waals surface area contributed by atoms with Gasteiger partial charge in [0.2, 0.25) is 10.0 Å². The van der Waals surface area contributed by atoms with Gasteiger partial charge >= 0.3 is 0 Å². The molecule has 10 nitrogen and oxygen atoms in total. The highest BCUT2D eigenvalue weighted by molar-refractivity contribution is 7.90. The Labute approximate surface area is 199 Å². The van der Waals surface area contributed by atoms with Crippen LogP contribution in [-0.4, -0.2) is 107 Å². The van der Waals surface area contributed by atoms with Crippen molar-refractivity contribution in [1.29, 1.82) is 0 Å². The number of likely N-dealkylation sites (tertiary alicyclic amines) is 1. The highest BCUT2D eigenvalue weighted by Gasteiger charge is 2.47. The fraction of sp³-hybridized carbons (Fsp3) is 1.00. The van der Waals surface area contributed by atoms with E-state index in [-0.39, 0.29) is 30.9 Å². The molecule has 3 aliphatic heterocycles. The quantitative estimate of drug-likeness (QED) is 0.279. The molecule has 0 radical (unpaired) electrons. The van der Waals surface area contributed by atoms with Crippen molar-refractivity contribution < 1.29 is 13.2 Å². The Bertz CT molecular complexity index is 721. The second-order valence-corrected chi connectivity index (χ2v) is 12.3. The molecule has 0 aromatic heterocycles. The average molecular weight is 488 g/mol. The number of hydrogen-bond acceptors (Lipinski definition) is 9. The summed E-state index contributed by atoms with van der Waals surface area (Å²) in [5.74, 6) is 0.418. The monoisotopic (exact) mass is 487 g/mol. The van der Waals surface area contributed by atoms with Gasteiger partial charge in [-0.25, -0.2) is 18.1 Å². The molecule has 1 saturated carbocycles. The van der Waals surface area contributed by atoms with E-state index in [0.29, 0.717) is 18.5 Å². The third-order valence-electron chi connectivity index (χ3n) is 8.30. The normalized spacial score (nSPS) is 37.7. The predicted molar refractivity (Wildman–Crippen MR) is 130 cm³/mol. The van der Waals surface area contributed by atoms with Crippen LogP contribution in [0.4, 0.5) is 0 Å². The molecule has 4 fully saturated rings. The van der Waals surface area contributed by atoms with Crippen LogP contribution in [0.15, 0.2) is 0 Å². The first-order valence-electron chi connectivity index (χ1n) is 12.8. The lowest BCUT2D eigenvalue weighted by molar-refractivity contribution is 0.00328. The Balaban J connectivity index is 1.35. The van der Waals surface area contributed by atoms with Gasteiger partial charge in [0, 0.05) is 45.9 Å². The number of methoxy groups -OCH3 is 1. The van der Waals surface area contributed by atoms with Gasteiger partial charge in [-0.2, -0.15) is 0 Å². The van der Waals surface area contributed by atoms with Crippen LogP contribution in [-0.2, 0) is 14.8 Å². The van der Waals surface area contributed by atoms with E-state index < -0.39 is 15.3 Å². The maximum atomic E-state index is 13.4. The number of nitrogens with zero attached hydrogens (tertiary/aromatic N) is 2. The van der Waals surface area contributed by atoms with E-state index in [9.17, 15) is 8.42 Å². The van der Waals surface area contributed by atoms with Gasteiger partial charge in [0.25, 0.3) is 0 Å². The van der Waals surface area contributed by atoms with E-state index in [1.807, 2.05) is 12.1 Å². The van der Waals surface area contributed by atoms with Crippen LogP contribution >= 0.6 is 0 Å². The molecule has 0 amide bonds. The molecule has 0 spiro atoms. The van der Waals surface area contributed by atoms with Crippen molar-refractivity contribution in [1.82, 2.24) is 30.7 Å². The van der Waals surface area contributed by atoms with Crippen LogP contribution in [0, 0.1) is 5.92 Å². The van der Waals surface area contributed by atoms with E-state index in [4.69, 9.17) is 10.5 Å². The lowest BCUT2D eigenvalue weighted by atomic mass is 9.80. The van der Waals surface area contributed by atoms with Gasteiger partial charge in [-0.3, -0.25) is 5.43 Å². The average Bonchev–Trinajstić information content (AvgIpc) is 3.21. The van der Waals surface area contributed by atoms with Crippen LogP contribution in [0.2, 0.25) is 0 Å². The number of nitrogens with one attached hydrogen (secondary N) is 4. The minimum Gasteiger partial charge on any atom is -0.380 e. The van der Waals surface area contributed by atoms with Crippen molar-refractivity contribution >= 4 is 10.0 Å². The number of ether oxygens (including phenoxy) is 1. The zero-order chi connectivity index (χ0) is 23.4. The van der Waals surface area contributed by atoms with Crippen molar-refractivity contribution in [3.63, 3.8) is 0 Å². The van der Waals surface area contributed by atoms with Crippen molar-refractivity contribution in [2.45, 2.75) is 80.6 Å². The Morgan fingerprint density at radius 1 is 1.18 bits per heavy atom. The zero-order valence-electron chi connectivity index (χ0n) is 20.3. The molecule has 0 aromatic rings. The first kappa shape index (κ1) is 25.7. The maximum absolute atomic E-state index is 13.4. The van der Waals surface area contributed by atoms with Gasteiger partial charge < -0.3 is 26.0 Å².